The third kappa shape index (κ3) is 4.83. The molecule has 114 valence electrons. The highest BCUT2D eigenvalue weighted by molar-refractivity contribution is 6.02. The summed E-state index contributed by atoms with van der Waals surface area (Å²) in [4.78, 5) is 33.8. The van der Waals surface area contributed by atoms with Gasteiger partial charge in [-0.2, -0.15) is 0 Å². The maximum atomic E-state index is 13.3. The van der Waals surface area contributed by atoms with Crippen LogP contribution in [0.25, 0.3) is 0 Å². The van der Waals surface area contributed by atoms with Gasteiger partial charge in [-0.15, -0.1) is 0 Å². The van der Waals surface area contributed by atoms with E-state index in [1.54, 1.807) is 0 Å². The van der Waals surface area contributed by atoms with Crippen molar-refractivity contribution in [2.45, 2.75) is 20.3 Å². The van der Waals surface area contributed by atoms with E-state index in [9.17, 15) is 23.2 Å². The molecule has 0 bridgehead atoms. The Balaban J connectivity index is 2.64. The quantitative estimate of drug-likeness (QED) is 0.793. The minimum absolute atomic E-state index is 0.433. The molecule has 0 aromatic heterocycles. The van der Waals surface area contributed by atoms with Gasteiger partial charge in [0.05, 0.1) is 11.1 Å². The maximum absolute atomic E-state index is 13.3. The molecule has 0 aliphatic rings. The first kappa shape index (κ1) is 16.5. The Kier molecular flexibility index (Phi) is 4.96. The van der Waals surface area contributed by atoms with Crippen molar-refractivity contribution < 1.29 is 28.3 Å². The van der Waals surface area contributed by atoms with Crippen molar-refractivity contribution in [3.05, 3.63) is 29.8 Å². The summed E-state index contributed by atoms with van der Waals surface area (Å²) in [6.07, 6.45) is -0.443. The van der Waals surface area contributed by atoms with Gasteiger partial charge in [-0.05, 0) is 26.0 Å². The zero-order chi connectivity index (χ0) is 16.2. The number of hydrogen-bond donors (Lipinski definition) is 3. The van der Waals surface area contributed by atoms with Crippen LogP contribution >= 0.6 is 0 Å². The van der Waals surface area contributed by atoms with Crippen molar-refractivity contribution in [1.82, 2.24) is 5.32 Å². The molecule has 21 heavy (non-hydrogen) atoms. The molecule has 0 saturated heterocycles. The molecule has 1 aromatic carbocycles. The summed E-state index contributed by atoms with van der Waals surface area (Å²) >= 11 is 0. The molecule has 0 heterocycles. The number of carboxylic acid groups (broad SMARTS) is 1. The molecule has 6 nitrogen and oxygen atoms in total. The number of rotatable bonds is 4. The molecule has 0 spiro atoms. The van der Waals surface area contributed by atoms with Crippen LogP contribution in [-0.4, -0.2) is 23.0 Å². The topological polar surface area (TPSA) is 95.5 Å². The molecule has 3 amide bonds. The Hall–Kier alpha value is -2.51. The van der Waals surface area contributed by atoms with E-state index in [0.717, 1.165) is 18.2 Å². The second-order valence-electron chi connectivity index (χ2n) is 4.99. The van der Waals surface area contributed by atoms with E-state index in [1.807, 2.05) is 10.6 Å². The number of carbonyl (C=O) groups is 3. The highest BCUT2D eigenvalue weighted by atomic mass is 19.1. The number of carbonyl (C=O) groups excluding carboxylic acids is 2. The molecule has 1 rings (SSSR count). The number of nitrogens with one attached hydrogen (secondary N) is 2. The predicted octanol–water partition coefficient (Wildman–Crippen LogP) is 2.11. The largest absolute Gasteiger partial charge is 0.481 e. The monoisotopic (exact) mass is 300 g/mol. The Labute approximate surface area is 119 Å². The molecule has 0 atom stereocenters. The predicted molar refractivity (Wildman–Crippen MR) is 69.6 cm³/mol. The average Bonchev–Trinajstić information content (AvgIpc) is 2.32. The average molecular weight is 300 g/mol. The fourth-order valence-corrected chi connectivity index (χ4v) is 1.39. The van der Waals surface area contributed by atoms with Gasteiger partial charge in [0.1, 0.15) is 11.6 Å². The molecule has 0 fully saturated rings. The van der Waals surface area contributed by atoms with Crippen LogP contribution in [0.2, 0.25) is 0 Å². The van der Waals surface area contributed by atoms with Crippen molar-refractivity contribution in [1.29, 1.82) is 0 Å². The fourth-order valence-electron chi connectivity index (χ4n) is 1.39. The van der Waals surface area contributed by atoms with Gasteiger partial charge in [0.25, 0.3) is 0 Å². The van der Waals surface area contributed by atoms with E-state index in [1.165, 1.54) is 13.8 Å². The summed E-state index contributed by atoms with van der Waals surface area (Å²) in [5, 5.41) is 12.7. The number of benzene rings is 1. The number of urea groups is 1. The molecule has 0 unspecified atom stereocenters. The third-order valence-electron chi connectivity index (χ3n) is 2.61. The lowest BCUT2D eigenvalue weighted by atomic mass is 9.89. The minimum atomic E-state index is -1.35. The number of carboxylic acids is 1. The van der Waals surface area contributed by atoms with Gasteiger partial charge in [-0.1, -0.05) is 0 Å². The van der Waals surface area contributed by atoms with Crippen molar-refractivity contribution in [2.24, 2.45) is 5.41 Å². The number of amides is 3. The van der Waals surface area contributed by atoms with Gasteiger partial charge in [0.15, 0.2) is 0 Å². The van der Waals surface area contributed by atoms with Crippen LogP contribution in [0.4, 0.5) is 19.3 Å². The molecule has 0 aliphatic carbocycles. The van der Waals surface area contributed by atoms with E-state index in [0.29, 0.717) is 0 Å². The van der Waals surface area contributed by atoms with Gasteiger partial charge < -0.3 is 10.4 Å². The Morgan fingerprint density at radius 2 is 1.86 bits per heavy atom. The van der Waals surface area contributed by atoms with Crippen LogP contribution in [0, 0.1) is 17.0 Å². The summed E-state index contributed by atoms with van der Waals surface area (Å²) in [7, 11) is 0. The molecule has 0 aliphatic heterocycles. The molecule has 8 heteroatoms. The van der Waals surface area contributed by atoms with Gasteiger partial charge >= 0.3 is 12.0 Å². The molecule has 0 saturated carbocycles. The maximum Gasteiger partial charge on any atom is 0.325 e. The molecule has 0 radical (unpaired) electrons. The van der Waals surface area contributed by atoms with Crippen LogP contribution in [0.5, 0.6) is 0 Å². The third-order valence-corrected chi connectivity index (χ3v) is 2.61. The second kappa shape index (κ2) is 6.29. The second-order valence-corrected chi connectivity index (χ2v) is 4.99. The van der Waals surface area contributed by atoms with Crippen LogP contribution in [0.15, 0.2) is 18.2 Å². The molecular weight excluding hydrogens is 286 g/mol. The lowest BCUT2D eigenvalue weighted by Gasteiger charge is -2.17. The first-order chi connectivity index (χ1) is 9.61. The first-order valence-corrected chi connectivity index (χ1v) is 5.91. The van der Waals surface area contributed by atoms with Gasteiger partial charge in [0.2, 0.25) is 5.91 Å². The Morgan fingerprint density at radius 3 is 2.43 bits per heavy atom. The number of imide groups is 1. The zero-order valence-electron chi connectivity index (χ0n) is 11.4. The molecule has 1 aromatic rings. The highest BCUT2D eigenvalue weighted by Crippen LogP contribution is 2.20. The Morgan fingerprint density at radius 1 is 1.24 bits per heavy atom. The van der Waals surface area contributed by atoms with Crippen molar-refractivity contribution in [3.63, 3.8) is 0 Å². The van der Waals surface area contributed by atoms with E-state index in [4.69, 9.17) is 5.11 Å². The van der Waals surface area contributed by atoms with Gasteiger partial charge in [-0.3, -0.25) is 14.9 Å². The number of anilines is 1. The van der Waals surface area contributed by atoms with Crippen molar-refractivity contribution >= 4 is 23.6 Å². The SMILES string of the molecule is CC(C)(CC(=O)NC(=O)Nc1cc(F)ccc1F)C(=O)O. The zero-order valence-corrected chi connectivity index (χ0v) is 11.4. The summed E-state index contributed by atoms with van der Waals surface area (Å²) < 4.78 is 26.2. The van der Waals surface area contributed by atoms with E-state index >= 15 is 0 Å². The Bertz CT molecular complexity index is 588. The van der Waals surface area contributed by atoms with Crippen molar-refractivity contribution in [3.8, 4) is 0 Å². The fraction of sp³-hybridized carbons (Fsp3) is 0.308. The first-order valence-electron chi connectivity index (χ1n) is 5.91. The summed E-state index contributed by atoms with van der Waals surface area (Å²) in [6.45, 7) is 2.64. The van der Waals surface area contributed by atoms with E-state index in [-0.39, 0.29) is 0 Å². The van der Waals surface area contributed by atoms with E-state index < -0.39 is 47.1 Å². The lowest BCUT2D eigenvalue weighted by Crippen LogP contribution is -2.38. The van der Waals surface area contributed by atoms with Crippen LogP contribution in [0.3, 0.4) is 0 Å². The number of hydrogen-bond acceptors (Lipinski definition) is 3. The highest BCUT2D eigenvalue weighted by Gasteiger charge is 2.30. The summed E-state index contributed by atoms with van der Waals surface area (Å²) in [5.41, 5.74) is -1.79. The molecule has 3 N–H and O–H groups in total. The number of aliphatic carboxylic acids is 1. The van der Waals surface area contributed by atoms with E-state index in [2.05, 4.69) is 0 Å². The van der Waals surface area contributed by atoms with Crippen molar-refractivity contribution in [2.75, 3.05) is 5.32 Å². The summed E-state index contributed by atoms with van der Waals surface area (Å²) in [5.74, 6) is -3.68. The van der Waals surface area contributed by atoms with Gasteiger partial charge in [-0.25, -0.2) is 13.6 Å². The van der Waals surface area contributed by atoms with Gasteiger partial charge in [0, 0.05) is 12.5 Å². The van der Waals surface area contributed by atoms with Crippen LogP contribution in [0.1, 0.15) is 20.3 Å². The summed E-state index contributed by atoms with van der Waals surface area (Å²) in [6, 6.07) is 1.37. The normalized spacial score (nSPS) is 10.9. The lowest BCUT2D eigenvalue weighted by molar-refractivity contribution is -0.149. The minimum Gasteiger partial charge on any atom is -0.481 e. The van der Waals surface area contributed by atoms with Crippen LogP contribution < -0.4 is 10.6 Å². The van der Waals surface area contributed by atoms with Crippen LogP contribution in [-0.2, 0) is 9.59 Å². The smallest absolute Gasteiger partial charge is 0.325 e. The number of halogens is 2. The standard InChI is InChI=1S/C13H14F2N2O4/c1-13(2,11(19)20)6-10(18)17-12(21)16-9-5-7(14)3-4-8(9)15/h3-5H,6H2,1-2H3,(H,19,20)(H2,16,17,18,21). The molecular formula is C13H14F2N2O4.